The average molecular weight is 278 g/mol. The monoisotopic (exact) mass is 278 g/mol. The highest BCUT2D eigenvalue weighted by atomic mass is 32.1. The zero-order valence-electron chi connectivity index (χ0n) is 11.1. The van der Waals surface area contributed by atoms with Gasteiger partial charge in [-0.25, -0.2) is 0 Å². The molecule has 3 N–H and O–H groups in total. The van der Waals surface area contributed by atoms with Crippen LogP contribution in [0.25, 0.3) is 0 Å². The van der Waals surface area contributed by atoms with Crippen LogP contribution in [-0.2, 0) is 6.54 Å². The molecule has 2 aromatic heterocycles. The molecule has 0 radical (unpaired) electrons. The Labute approximate surface area is 116 Å². The third kappa shape index (κ3) is 3.54. The maximum Gasteiger partial charge on any atom is 0.231 e. The number of nitrogens with zero attached hydrogens (tertiary/aromatic N) is 4. The topological polar surface area (TPSA) is 80.0 Å². The lowest BCUT2D eigenvalue weighted by Crippen LogP contribution is -2.25. The first-order chi connectivity index (χ1) is 9.22. The van der Waals surface area contributed by atoms with E-state index in [1.165, 1.54) is 4.88 Å². The van der Waals surface area contributed by atoms with Gasteiger partial charge in [0.25, 0.3) is 0 Å². The molecule has 0 aliphatic heterocycles. The van der Waals surface area contributed by atoms with Crippen LogP contribution < -0.4 is 16.0 Å². The molecule has 19 heavy (non-hydrogen) atoms. The highest BCUT2D eigenvalue weighted by molar-refractivity contribution is 7.09. The number of thiophene rings is 1. The fourth-order valence-corrected chi connectivity index (χ4v) is 2.33. The Kier molecular flexibility index (Phi) is 4.51. The highest BCUT2D eigenvalue weighted by Crippen LogP contribution is 2.14. The molecule has 0 fully saturated rings. The van der Waals surface area contributed by atoms with E-state index in [1.807, 2.05) is 16.3 Å². The number of nitrogen functional groups attached to an aromatic ring is 1. The van der Waals surface area contributed by atoms with Gasteiger partial charge in [0.2, 0.25) is 17.8 Å². The van der Waals surface area contributed by atoms with E-state index in [-0.39, 0.29) is 5.95 Å². The molecule has 0 aliphatic carbocycles. The van der Waals surface area contributed by atoms with Gasteiger partial charge in [-0.15, -0.1) is 11.3 Å². The maximum atomic E-state index is 5.73. The van der Waals surface area contributed by atoms with Crippen molar-refractivity contribution in [3.63, 3.8) is 0 Å². The number of hydrogen-bond donors (Lipinski definition) is 2. The summed E-state index contributed by atoms with van der Waals surface area (Å²) in [5.74, 6) is 1.37. The second kappa shape index (κ2) is 6.33. The Morgan fingerprint density at radius 2 is 2.05 bits per heavy atom. The van der Waals surface area contributed by atoms with Gasteiger partial charge >= 0.3 is 0 Å². The van der Waals surface area contributed by atoms with Crippen molar-refractivity contribution in [2.24, 2.45) is 0 Å². The summed E-state index contributed by atoms with van der Waals surface area (Å²) >= 11 is 1.69. The lowest BCUT2D eigenvalue weighted by molar-refractivity contribution is 0.814. The van der Waals surface area contributed by atoms with Crippen LogP contribution in [0.1, 0.15) is 18.7 Å². The molecule has 6 nitrogen and oxygen atoms in total. The zero-order valence-corrected chi connectivity index (χ0v) is 11.9. The van der Waals surface area contributed by atoms with Gasteiger partial charge in [-0.05, 0) is 25.3 Å². The van der Waals surface area contributed by atoms with Crippen molar-refractivity contribution in [2.75, 3.05) is 29.0 Å². The van der Waals surface area contributed by atoms with Gasteiger partial charge in [0.05, 0.1) is 6.54 Å². The minimum atomic E-state index is 0.241. The summed E-state index contributed by atoms with van der Waals surface area (Å²) in [6.07, 6.45) is 0. The van der Waals surface area contributed by atoms with Crippen LogP contribution in [0, 0.1) is 0 Å². The predicted octanol–water partition coefficient (Wildman–Crippen LogP) is 1.97. The van der Waals surface area contributed by atoms with Crippen molar-refractivity contribution < 1.29 is 0 Å². The van der Waals surface area contributed by atoms with E-state index in [2.05, 4.69) is 40.2 Å². The van der Waals surface area contributed by atoms with Crippen molar-refractivity contribution in [3.05, 3.63) is 22.4 Å². The molecular weight excluding hydrogens is 260 g/mol. The molecule has 0 spiro atoms. The van der Waals surface area contributed by atoms with Crippen molar-refractivity contribution in [1.29, 1.82) is 0 Å². The van der Waals surface area contributed by atoms with Crippen molar-refractivity contribution in [3.8, 4) is 0 Å². The zero-order chi connectivity index (χ0) is 13.7. The largest absolute Gasteiger partial charge is 0.368 e. The molecule has 102 valence electrons. The molecular formula is C12H18N6S. The van der Waals surface area contributed by atoms with E-state index >= 15 is 0 Å². The third-order valence-corrected chi connectivity index (χ3v) is 3.56. The summed E-state index contributed by atoms with van der Waals surface area (Å²) in [4.78, 5) is 15.9. The molecule has 2 aromatic rings. The predicted molar refractivity (Wildman–Crippen MR) is 79.4 cm³/mol. The number of rotatable bonds is 6. The Morgan fingerprint density at radius 1 is 1.26 bits per heavy atom. The van der Waals surface area contributed by atoms with E-state index < -0.39 is 0 Å². The molecule has 0 saturated carbocycles. The van der Waals surface area contributed by atoms with E-state index in [0.717, 1.165) is 13.1 Å². The number of hydrogen-bond acceptors (Lipinski definition) is 7. The second-order valence-electron chi connectivity index (χ2n) is 3.92. The SMILES string of the molecule is CCN(CC)c1nc(N)nc(NCc2cccs2)n1. The molecule has 2 heterocycles. The van der Waals surface area contributed by atoms with Gasteiger partial charge in [-0.3, -0.25) is 0 Å². The number of nitrogens with two attached hydrogens (primary N) is 1. The summed E-state index contributed by atoms with van der Waals surface area (Å²) in [5, 5.41) is 5.21. The van der Waals surface area contributed by atoms with Crippen molar-refractivity contribution in [2.45, 2.75) is 20.4 Å². The molecule has 0 amide bonds. The van der Waals surface area contributed by atoms with E-state index in [9.17, 15) is 0 Å². The fourth-order valence-electron chi connectivity index (χ4n) is 1.69. The molecule has 0 aromatic carbocycles. The van der Waals surface area contributed by atoms with Crippen molar-refractivity contribution >= 4 is 29.2 Å². The van der Waals surface area contributed by atoms with Gasteiger partial charge in [-0.1, -0.05) is 6.07 Å². The Bertz CT molecular complexity index is 509. The Balaban J connectivity index is 2.12. The van der Waals surface area contributed by atoms with Crippen LogP contribution in [0.5, 0.6) is 0 Å². The van der Waals surface area contributed by atoms with Crippen LogP contribution in [-0.4, -0.2) is 28.0 Å². The standard InChI is InChI=1S/C12H18N6S/c1-3-18(4-2)12-16-10(13)15-11(17-12)14-8-9-6-5-7-19-9/h5-7H,3-4,8H2,1-2H3,(H3,13,14,15,16,17). The fraction of sp³-hybridized carbons (Fsp3) is 0.417. The van der Waals surface area contributed by atoms with Gasteiger partial charge in [0.1, 0.15) is 0 Å². The summed E-state index contributed by atoms with van der Waals surface area (Å²) in [5.41, 5.74) is 5.73. The van der Waals surface area contributed by atoms with Crippen molar-refractivity contribution in [1.82, 2.24) is 15.0 Å². The summed E-state index contributed by atoms with van der Waals surface area (Å²) in [6.45, 7) is 6.48. The number of anilines is 3. The highest BCUT2D eigenvalue weighted by Gasteiger charge is 2.09. The minimum absolute atomic E-state index is 0.241. The van der Waals surface area contributed by atoms with Gasteiger partial charge in [-0.2, -0.15) is 15.0 Å². The number of nitrogens with one attached hydrogen (secondary N) is 1. The first kappa shape index (κ1) is 13.5. The third-order valence-electron chi connectivity index (χ3n) is 2.69. The average Bonchev–Trinajstić information content (AvgIpc) is 2.90. The van der Waals surface area contributed by atoms with Gasteiger partial charge in [0, 0.05) is 18.0 Å². The normalized spacial score (nSPS) is 10.4. The van der Waals surface area contributed by atoms with E-state index in [4.69, 9.17) is 5.73 Å². The first-order valence-electron chi connectivity index (χ1n) is 6.25. The Morgan fingerprint density at radius 3 is 2.68 bits per heavy atom. The number of aromatic nitrogens is 3. The van der Waals surface area contributed by atoms with Crippen LogP contribution in [0.3, 0.4) is 0 Å². The molecule has 0 aliphatic rings. The lowest BCUT2D eigenvalue weighted by Gasteiger charge is -2.18. The summed E-state index contributed by atoms with van der Waals surface area (Å²) in [7, 11) is 0. The van der Waals surface area contributed by atoms with Crippen LogP contribution in [0.15, 0.2) is 17.5 Å². The molecule has 0 saturated heterocycles. The van der Waals surface area contributed by atoms with Crippen LogP contribution in [0.4, 0.5) is 17.8 Å². The molecule has 2 rings (SSSR count). The van der Waals surface area contributed by atoms with E-state index in [0.29, 0.717) is 18.4 Å². The van der Waals surface area contributed by atoms with E-state index in [1.54, 1.807) is 11.3 Å². The van der Waals surface area contributed by atoms with Gasteiger partial charge < -0.3 is 16.0 Å². The molecule has 0 bridgehead atoms. The molecule has 0 atom stereocenters. The lowest BCUT2D eigenvalue weighted by atomic mass is 10.5. The smallest absolute Gasteiger partial charge is 0.231 e. The van der Waals surface area contributed by atoms with Crippen LogP contribution in [0.2, 0.25) is 0 Å². The molecule has 0 unspecified atom stereocenters. The quantitative estimate of drug-likeness (QED) is 0.841. The molecule has 7 heteroatoms. The van der Waals surface area contributed by atoms with Gasteiger partial charge in [0.15, 0.2) is 0 Å². The Hall–Kier alpha value is -1.89. The second-order valence-corrected chi connectivity index (χ2v) is 4.95. The summed E-state index contributed by atoms with van der Waals surface area (Å²) in [6, 6.07) is 4.08. The van der Waals surface area contributed by atoms with Crippen LogP contribution >= 0.6 is 11.3 Å². The maximum absolute atomic E-state index is 5.73. The minimum Gasteiger partial charge on any atom is -0.368 e. The first-order valence-corrected chi connectivity index (χ1v) is 7.13. The summed E-state index contributed by atoms with van der Waals surface area (Å²) < 4.78 is 0.